The summed E-state index contributed by atoms with van der Waals surface area (Å²) < 4.78 is 17.8. The van der Waals surface area contributed by atoms with Gasteiger partial charge in [0, 0.05) is 19.4 Å². The van der Waals surface area contributed by atoms with Crippen LogP contribution in [0.3, 0.4) is 0 Å². The van der Waals surface area contributed by atoms with Gasteiger partial charge in [0.25, 0.3) is 0 Å². The first-order valence-corrected chi connectivity index (χ1v) is 10.1. The lowest BCUT2D eigenvalue weighted by Crippen LogP contribution is -2.06. The van der Waals surface area contributed by atoms with Crippen molar-refractivity contribution in [3.63, 3.8) is 0 Å². The van der Waals surface area contributed by atoms with E-state index in [4.69, 9.17) is 30.4 Å². The van der Waals surface area contributed by atoms with Crippen LogP contribution in [0.15, 0.2) is 50.1 Å². The van der Waals surface area contributed by atoms with E-state index >= 15 is 0 Å². The minimum absolute atomic E-state index is 0.193. The van der Waals surface area contributed by atoms with Crippen molar-refractivity contribution in [3.8, 4) is 22.8 Å². The van der Waals surface area contributed by atoms with Gasteiger partial charge in [0.2, 0.25) is 0 Å². The van der Waals surface area contributed by atoms with Crippen LogP contribution in [0.2, 0.25) is 5.02 Å². The normalized spacial score (nSPS) is 10.8. The number of carbonyl (C=O) groups excluding carboxylic acids is 1. The van der Waals surface area contributed by atoms with Gasteiger partial charge in [-0.25, -0.2) is 4.79 Å². The molecule has 0 aliphatic carbocycles. The van der Waals surface area contributed by atoms with E-state index in [1.165, 1.54) is 20.1 Å². The third-order valence-corrected chi connectivity index (χ3v) is 4.95. The number of hydrogen-bond donors (Lipinski definition) is 0. The molecule has 2 aromatic carbocycles. The van der Waals surface area contributed by atoms with Crippen molar-refractivity contribution in [1.82, 2.24) is 0 Å². The molecule has 0 atom stereocenters. The molecule has 158 valence electrons. The third-order valence-electron chi connectivity index (χ3n) is 4.03. The van der Waals surface area contributed by atoms with Crippen LogP contribution in [0, 0.1) is 0 Å². The van der Waals surface area contributed by atoms with Crippen molar-refractivity contribution in [1.29, 1.82) is 0 Å². The number of benzene rings is 2. The Balaban J connectivity index is 1.88. The van der Waals surface area contributed by atoms with E-state index in [2.05, 4.69) is 20.8 Å². The maximum atomic E-state index is 12.5. The van der Waals surface area contributed by atoms with Gasteiger partial charge >= 0.3 is 5.97 Å². The molecule has 0 saturated heterocycles. The molecule has 3 rings (SSSR count). The lowest BCUT2D eigenvalue weighted by molar-refractivity contribution is -0.270. The van der Waals surface area contributed by atoms with Gasteiger partial charge < -0.3 is 13.9 Å². The molecule has 0 bridgehead atoms. The maximum absolute atomic E-state index is 12.5. The van der Waals surface area contributed by atoms with Gasteiger partial charge in [-0.1, -0.05) is 17.7 Å². The van der Waals surface area contributed by atoms with Crippen LogP contribution in [-0.2, 0) is 14.6 Å². The largest absolute Gasteiger partial charge is 0.496 e. The minimum Gasteiger partial charge on any atom is -0.496 e. The van der Waals surface area contributed by atoms with Crippen LogP contribution in [-0.4, -0.2) is 26.3 Å². The van der Waals surface area contributed by atoms with Gasteiger partial charge in [0.1, 0.15) is 17.3 Å². The molecule has 0 fully saturated rings. The van der Waals surface area contributed by atoms with Crippen LogP contribution in [0.25, 0.3) is 22.3 Å². The molecule has 0 N–H and O–H groups in total. The molecular formula is C21H18BrClO7. The van der Waals surface area contributed by atoms with Crippen LogP contribution in [0.1, 0.15) is 13.3 Å². The summed E-state index contributed by atoms with van der Waals surface area (Å²) in [5, 5.41) is 0.735. The zero-order valence-corrected chi connectivity index (χ0v) is 18.5. The molecule has 1 aromatic heterocycles. The highest BCUT2D eigenvalue weighted by atomic mass is 79.9. The van der Waals surface area contributed by atoms with E-state index in [-0.39, 0.29) is 12.0 Å². The van der Waals surface area contributed by atoms with Crippen LogP contribution < -0.4 is 14.9 Å². The number of rotatable bonds is 8. The molecule has 0 radical (unpaired) electrons. The van der Waals surface area contributed by atoms with Crippen molar-refractivity contribution in [2.75, 3.05) is 20.3 Å². The van der Waals surface area contributed by atoms with Crippen LogP contribution >= 0.6 is 27.5 Å². The molecule has 30 heavy (non-hydrogen) atoms. The van der Waals surface area contributed by atoms with Gasteiger partial charge in [-0.3, -0.25) is 9.68 Å². The lowest BCUT2D eigenvalue weighted by atomic mass is 10.1. The number of halogens is 2. The average molecular weight is 498 g/mol. The van der Waals surface area contributed by atoms with E-state index < -0.39 is 5.97 Å². The Morgan fingerprint density at radius 2 is 1.97 bits per heavy atom. The summed E-state index contributed by atoms with van der Waals surface area (Å²) in [5.41, 5.74) is 0.617. The van der Waals surface area contributed by atoms with Crippen molar-refractivity contribution < 1.29 is 28.5 Å². The lowest BCUT2D eigenvalue weighted by Gasteiger charge is -2.14. The predicted octanol–water partition coefficient (Wildman–Crippen LogP) is 5.15. The van der Waals surface area contributed by atoms with Gasteiger partial charge in [0.05, 0.1) is 40.8 Å². The summed E-state index contributed by atoms with van der Waals surface area (Å²) in [7, 11) is 1.52. The topological polar surface area (TPSA) is 84.2 Å². The number of ether oxygens (including phenoxy) is 2. The minimum atomic E-state index is -0.518. The maximum Gasteiger partial charge on any atom is 0.339 e. The second kappa shape index (κ2) is 9.97. The monoisotopic (exact) mass is 496 g/mol. The molecule has 1 heterocycles. The smallest absolute Gasteiger partial charge is 0.339 e. The predicted molar refractivity (Wildman–Crippen MR) is 115 cm³/mol. The molecular weight excluding hydrogens is 480 g/mol. The molecule has 0 saturated carbocycles. The first-order valence-electron chi connectivity index (χ1n) is 8.94. The molecule has 0 unspecified atom stereocenters. The number of methoxy groups -OCH3 is 1. The Kier molecular flexibility index (Phi) is 7.36. The summed E-state index contributed by atoms with van der Waals surface area (Å²) in [6.45, 7) is 1.75. The Hall–Kier alpha value is -2.55. The number of para-hydroxylation sites is 1. The summed E-state index contributed by atoms with van der Waals surface area (Å²) >= 11 is 9.65. The van der Waals surface area contributed by atoms with Crippen LogP contribution in [0.4, 0.5) is 0 Å². The van der Waals surface area contributed by atoms with Gasteiger partial charge in [-0.15, -0.1) is 0 Å². The van der Waals surface area contributed by atoms with Gasteiger partial charge in [-0.2, -0.15) is 4.89 Å². The number of hydrogen-bond acceptors (Lipinski definition) is 7. The molecule has 3 aromatic rings. The van der Waals surface area contributed by atoms with Crippen molar-refractivity contribution >= 4 is 44.5 Å². The second-order valence-corrected chi connectivity index (χ2v) is 7.43. The van der Waals surface area contributed by atoms with E-state index in [1.54, 1.807) is 30.3 Å². The zero-order valence-electron chi connectivity index (χ0n) is 16.2. The highest BCUT2D eigenvalue weighted by Crippen LogP contribution is 2.39. The van der Waals surface area contributed by atoms with E-state index in [9.17, 15) is 9.59 Å². The summed E-state index contributed by atoms with van der Waals surface area (Å²) in [6, 6.07) is 9.82. The fourth-order valence-corrected chi connectivity index (χ4v) is 3.36. The molecule has 0 amide bonds. The van der Waals surface area contributed by atoms with Crippen LogP contribution in [0.5, 0.6) is 11.5 Å². The second-order valence-electron chi connectivity index (χ2n) is 6.17. The molecule has 0 aliphatic heterocycles. The number of carbonyl (C=O) groups is 1. The molecule has 7 nitrogen and oxygen atoms in total. The Morgan fingerprint density at radius 3 is 2.70 bits per heavy atom. The fourth-order valence-electron chi connectivity index (χ4n) is 2.71. The Morgan fingerprint density at radius 1 is 1.17 bits per heavy atom. The van der Waals surface area contributed by atoms with E-state index in [1.807, 2.05) is 0 Å². The first kappa shape index (κ1) is 22.1. The Bertz CT molecular complexity index is 1130. The summed E-state index contributed by atoms with van der Waals surface area (Å²) in [6.07, 6.45) is 0.488. The first-order chi connectivity index (χ1) is 14.4. The summed E-state index contributed by atoms with van der Waals surface area (Å²) in [4.78, 5) is 32.4. The highest BCUT2D eigenvalue weighted by Gasteiger charge is 2.16. The van der Waals surface area contributed by atoms with E-state index in [0.29, 0.717) is 56.3 Å². The van der Waals surface area contributed by atoms with Crippen molar-refractivity contribution in [3.05, 3.63) is 56.1 Å². The fraction of sp³-hybridized carbons (Fsp3) is 0.238. The van der Waals surface area contributed by atoms with E-state index in [0.717, 1.165) is 0 Å². The molecule has 9 heteroatoms. The highest BCUT2D eigenvalue weighted by molar-refractivity contribution is 9.10. The zero-order chi connectivity index (χ0) is 21.7. The molecule has 0 spiro atoms. The average Bonchev–Trinajstić information content (AvgIpc) is 2.71. The summed E-state index contributed by atoms with van der Waals surface area (Å²) in [5.74, 6) is 0.783. The third kappa shape index (κ3) is 5.13. The number of fused-ring (bicyclic) bond motifs is 1. The van der Waals surface area contributed by atoms with Crippen molar-refractivity contribution in [2.45, 2.75) is 13.3 Å². The van der Waals surface area contributed by atoms with Crippen molar-refractivity contribution in [2.24, 2.45) is 0 Å². The van der Waals surface area contributed by atoms with Gasteiger partial charge in [-0.05, 0) is 40.2 Å². The SMILES string of the molecule is COc1cc(Br)c(OCCCOOC(C)=O)cc1-c1cc(=O)c2cccc(Cl)c2o1. The standard InChI is InChI=1S/C21H18BrClO7/c1-12(24)30-28-8-4-7-27-20-9-14(18(26-2)10-15(20)22)19-11-17(25)13-5-3-6-16(23)21(13)29-19/h3,5-6,9-11H,4,7-8H2,1-2H3. The molecule has 0 aliphatic rings. The Labute approximate surface area is 185 Å². The van der Waals surface area contributed by atoms with Gasteiger partial charge in [0.15, 0.2) is 11.0 Å². The quantitative estimate of drug-likeness (QED) is 0.242.